The lowest BCUT2D eigenvalue weighted by Gasteiger charge is -2.06. The van der Waals surface area contributed by atoms with Gasteiger partial charge in [0.05, 0.1) is 11.3 Å². The first-order valence-electron chi connectivity index (χ1n) is 4.45. The summed E-state index contributed by atoms with van der Waals surface area (Å²) in [7, 11) is 0. The number of rotatable bonds is 0. The minimum atomic E-state index is -0.202. The molecule has 4 nitrogen and oxygen atoms in total. The van der Waals surface area contributed by atoms with E-state index in [-0.39, 0.29) is 5.56 Å². The van der Waals surface area contributed by atoms with Gasteiger partial charge in [-0.05, 0) is 30.0 Å². The number of hydrogen-bond donors (Lipinski definition) is 2. The lowest BCUT2D eigenvalue weighted by Crippen LogP contribution is -2.07. The van der Waals surface area contributed by atoms with Crippen molar-refractivity contribution in [2.24, 2.45) is 0 Å². The molecule has 1 aromatic carbocycles. The molecule has 0 aliphatic rings. The molecule has 0 radical (unpaired) electrons. The number of nitriles is 1. The molecule has 0 aliphatic carbocycles. The van der Waals surface area contributed by atoms with Gasteiger partial charge in [-0.15, -0.1) is 0 Å². The molecular weight excluding hydrogens is 190 g/mol. The van der Waals surface area contributed by atoms with Crippen LogP contribution in [0.1, 0.15) is 11.1 Å². The summed E-state index contributed by atoms with van der Waals surface area (Å²) in [6.07, 6.45) is 1.57. The fraction of sp³-hybridized carbons (Fsp3) is 0.0909. The van der Waals surface area contributed by atoms with Gasteiger partial charge in [0, 0.05) is 11.6 Å². The molecule has 4 heteroatoms. The van der Waals surface area contributed by atoms with Gasteiger partial charge in [0.2, 0.25) is 0 Å². The lowest BCUT2D eigenvalue weighted by atomic mass is 10.0. The predicted molar refractivity (Wildman–Crippen MR) is 58.4 cm³/mol. The third-order valence-corrected chi connectivity index (χ3v) is 2.51. The molecule has 0 saturated heterocycles. The van der Waals surface area contributed by atoms with Gasteiger partial charge in [-0.3, -0.25) is 4.79 Å². The van der Waals surface area contributed by atoms with E-state index in [0.29, 0.717) is 16.6 Å². The van der Waals surface area contributed by atoms with Crippen molar-refractivity contribution in [3.8, 4) is 6.07 Å². The van der Waals surface area contributed by atoms with E-state index in [0.717, 1.165) is 10.9 Å². The molecule has 3 N–H and O–H groups in total. The molecule has 0 saturated carbocycles. The maximum atomic E-state index is 11.5. The molecule has 0 aliphatic heterocycles. The quantitative estimate of drug-likeness (QED) is 0.627. The predicted octanol–water partition coefficient (Wildman–Crippen LogP) is 1.29. The molecule has 1 heterocycles. The van der Waals surface area contributed by atoms with Crippen molar-refractivity contribution in [1.82, 2.24) is 4.98 Å². The van der Waals surface area contributed by atoms with Crippen LogP contribution in [0.25, 0.3) is 10.8 Å². The van der Waals surface area contributed by atoms with Crippen LogP contribution in [0.4, 0.5) is 5.69 Å². The number of nitrogens with zero attached hydrogens (tertiary/aromatic N) is 1. The van der Waals surface area contributed by atoms with E-state index in [1.54, 1.807) is 19.2 Å². The highest BCUT2D eigenvalue weighted by Crippen LogP contribution is 2.24. The van der Waals surface area contributed by atoms with Crippen LogP contribution in [0, 0.1) is 18.3 Å². The normalized spacial score (nSPS) is 10.1. The summed E-state index contributed by atoms with van der Waals surface area (Å²) in [5, 5.41) is 10.1. The molecule has 0 bridgehead atoms. The topological polar surface area (TPSA) is 82.7 Å². The van der Waals surface area contributed by atoms with Gasteiger partial charge in [-0.2, -0.15) is 5.26 Å². The summed E-state index contributed by atoms with van der Waals surface area (Å²) in [5.41, 5.74) is 7.13. The summed E-state index contributed by atoms with van der Waals surface area (Å²) >= 11 is 0. The molecule has 0 atom stereocenters. The smallest absolute Gasteiger partial charge is 0.255 e. The van der Waals surface area contributed by atoms with E-state index in [4.69, 9.17) is 11.0 Å². The van der Waals surface area contributed by atoms with Gasteiger partial charge in [-0.1, -0.05) is 0 Å². The van der Waals surface area contributed by atoms with E-state index in [1.807, 2.05) is 6.07 Å². The summed E-state index contributed by atoms with van der Waals surface area (Å²) < 4.78 is 0. The number of nitrogen functional groups attached to an aromatic ring is 1. The minimum Gasteiger partial charge on any atom is -0.397 e. The second kappa shape index (κ2) is 3.14. The number of pyridine rings is 1. The second-order valence-corrected chi connectivity index (χ2v) is 3.34. The van der Waals surface area contributed by atoms with Gasteiger partial charge >= 0.3 is 0 Å². The van der Waals surface area contributed by atoms with Gasteiger partial charge in [0.1, 0.15) is 6.07 Å². The summed E-state index contributed by atoms with van der Waals surface area (Å²) in [6, 6.07) is 5.28. The van der Waals surface area contributed by atoms with E-state index < -0.39 is 0 Å². The van der Waals surface area contributed by atoms with Crippen LogP contribution in [-0.4, -0.2) is 4.98 Å². The van der Waals surface area contributed by atoms with E-state index in [2.05, 4.69) is 4.98 Å². The largest absolute Gasteiger partial charge is 0.397 e. The lowest BCUT2D eigenvalue weighted by molar-refractivity contribution is 1.27. The average molecular weight is 199 g/mol. The van der Waals surface area contributed by atoms with Crippen LogP contribution >= 0.6 is 0 Å². The zero-order valence-corrected chi connectivity index (χ0v) is 8.16. The number of nitrogens with one attached hydrogen (secondary N) is 1. The Hall–Kier alpha value is -2.28. The summed E-state index contributed by atoms with van der Waals surface area (Å²) in [5.74, 6) is 0. The van der Waals surface area contributed by atoms with Gasteiger partial charge in [0.15, 0.2) is 0 Å². The Balaban J connectivity index is 3.06. The molecule has 0 fully saturated rings. The number of benzene rings is 1. The molecular formula is C11H9N3O. The highest BCUT2D eigenvalue weighted by atomic mass is 16.1. The van der Waals surface area contributed by atoms with Gasteiger partial charge in [0.25, 0.3) is 5.56 Å². The molecule has 74 valence electrons. The third kappa shape index (κ3) is 1.25. The Bertz CT molecular complexity index is 635. The number of hydrogen-bond acceptors (Lipinski definition) is 3. The molecule has 2 aromatic rings. The van der Waals surface area contributed by atoms with Crippen molar-refractivity contribution < 1.29 is 0 Å². The fourth-order valence-electron chi connectivity index (χ4n) is 1.62. The van der Waals surface area contributed by atoms with Crippen LogP contribution in [0.2, 0.25) is 0 Å². The van der Waals surface area contributed by atoms with Crippen molar-refractivity contribution in [2.45, 2.75) is 6.92 Å². The maximum absolute atomic E-state index is 11.5. The SMILES string of the molecule is Cc1c(N)c(C#N)cc2c(=O)[nH]ccc12. The van der Waals surface area contributed by atoms with Crippen LogP contribution < -0.4 is 11.3 Å². The number of aryl methyl sites for hydroxylation is 1. The average Bonchev–Trinajstić information content (AvgIpc) is 2.24. The Morgan fingerprint density at radius 1 is 1.47 bits per heavy atom. The Morgan fingerprint density at radius 3 is 2.87 bits per heavy atom. The van der Waals surface area contributed by atoms with Gasteiger partial charge < -0.3 is 10.7 Å². The Labute approximate surface area is 86.0 Å². The third-order valence-electron chi connectivity index (χ3n) is 2.51. The van der Waals surface area contributed by atoms with E-state index in [1.165, 1.54) is 6.07 Å². The number of H-pyrrole nitrogens is 1. The molecule has 0 amide bonds. The van der Waals surface area contributed by atoms with Crippen molar-refractivity contribution in [3.05, 3.63) is 39.8 Å². The Kier molecular flexibility index (Phi) is 1.94. The number of anilines is 1. The summed E-state index contributed by atoms with van der Waals surface area (Å²) in [4.78, 5) is 14.1. The number of nitrogens with two attached hydrogens (primary N) is 1. The summed E-state index contributed by atoms with van der Waals surface area (Å²) in [6.45, 7) is 1.80. The second-order valence-electron chi connectivity index (χ2n) is 3.34. The molecule has 2 rings (SSSR count). The highest BCUT2D eigenvalue weighted by molar-refractivity contribution is 5.91. The van der Waals surface area contributed by atoms with Crippen LogP contribution in [0.5, 0.6) is 0 Å². The number of fused-ring (bicyclic) bond motifs is 1. The monoisotopic (exact) mass is 199 g/mol. The molecule has 15 heavy (non-hydrogen) atoms. The zero-order chi connectivity index (χ0) is 11.0. The first kappa shape index (κ1) is 9.28. The van der Waals surface area contributed by atoms with Crippen molar-refractivity contribution in [2.75, 3.05) is 5.73 Å². The van der Waals surface area contributed by atoms with Crippen molar-refractivity contribution in [1.29, 1.82) is 5.26 Å². The van der Waals surface area contributed by atoms with Crippen molar-refractivity contribution >= 4 is 16.5 Å². The minimum absolute atomic E-state index is 0.202. The van der Waals surface area contributed by atoms with Crippen LogP contribution in [0.15, 0.2) is 23.1 Å². The van der Waals surface area contributed by atoms with E-state index in [9.17, 15) is 4.79 Å². The van der Waals surface area contributed by atoms with Crippen LogP contribution in [-0.2, 0) is 0 Å². The number of aromatic amines is 1. The molecule has 0 unspecified atom stereocenters. The first-order chi connectivity index (χ1) is 7.15. The first-order valence-corrected chi connectivity index (χ1v) is 4.45. The molecule has 1 aromatic heterocycles. The van der Waals surface area contributed by atoms with E-state index >= 15 is 0 Å². The zero-order valence-electron chi connectivity index (χ0n) is 8.16. The molecule has 0 spiro atoms. The number of aromatic nitrogens is 1. The van der Waals surface area contributed by atoms with Crippen LogP contribution in [0.3, 0.4) is 0 Å². The Morgan fingerprint density at radius 2 is 2.20 bits per heavy atom. The highest BCUT2D eigenvalue weighted by Gasteiger charge is 2.08. The fourth-order valence-corrected chi connectivity index (χ4v) is 1.62. The van der Waals surface area contributed by atoms with Crippen molar-refractivity contribution in [3.63, 3.8) is 0 Å². The van der Waals surface area contributed by atoms with Gasteiger partial charge in [-0.25, -0.2) is 0 Å². The standard InChI is InChI=1S/C11H9N3O/c1-6-8-2-3-14-11(15)9(8)4-7(5-12)10(6)13/h2-4H,13H2,1H3,(H,14,15). The maximum Gasteiger partial charge on any atom is 0.255 e.